The van der Waals surface area contributed by atoms with Gasteiger partial charge in [-0.15, -0.1) is 5.10 Å². The lowest BCUT2D eigenvalue weighted by Crippen LogP contribution is -2.35. The summed E-state index contributed by atoms with van der Waals surface area (Å²) >= 11 is 3.25. The van der Waals surface area contributed by atoms with Crippen LogP contribution in [0, 0.1) is 0 Å². The Morgan fingerprint density at radius 2 is 2.06 bits per heavy atom. The molecule has 0 aliphatic carbocycles. The predicted octanol–water partition coefficient (Wildman–Crippen LogP) is 1.53. The molecule has 6 nitrogen and oxygen atoms in total. The number of nitrogens with zero attached hydrogens (tertiary/aromatic N) is 4. The quantitative estimate of drug-likeness (QED) is 0.866. The minimum atomic E-state index is -0.315. The second-order valence-corrected chi connectivity index (χ2v) is 5.76. The van der Waals surface area contributed by atoms with Crippen LogP contribution in [0.2, 0.25) is 0 Å². The zero-order valence-electron chi connectivity index (χ0n) is 10.4. The van der Waals surface area contributed by atoms with E-state index >= 15 is 0 Å². The molecule has 0 amide bonds. The van der Waals surface area contributed by atoms with E-state index in [0.717, 1.165) is 0 Å². The lowest BCUT2D eigenvalue weighted by Gasteiger charge is -2.22. The smallest absolute Gasteiger partial charge is 0.296 e. The van der Waals surface area contributed by atoms with Crippen molar-refractivity contribution >= 4 is 21.7 Å². The lowest BCUT2D eigenvalue weighted by atomic mass is 10.1. The summed E-state index contributed by atoms with van der Waals surface area (Å²) in [6.07, 6.45) is 4.85. The molecule has 18 heavy (non-hydrogen) atoms. The standard InChI is InChI=1S/C11H14BrN5O/c1-11(2,3)16-5-4-14-9(10(16)18)17-6-7(12)8(13)15-17/h4-6H,1-3H3,(H2,13,15). The van der Waals surface area contributed by atoms with Gasteiger partial charge in [0, 0.05) is 24.1 Å². The molecular weight excluding hydrogens is 298 g/mol. The van der Waals surface area contributed by atoms with Crippen molar-refractivity contribution in [3.63, 3.8) is 0 Å². The first-order valence-corrected chi connectivity index (χ1v) is 6.19. The molecule has 0 fully saturated rings. The first kappa shape index (κ1) is 12.8. The van der Waals surface area contributed by atoms with E-state index in [0.29, 0.717) is 10.3 Å². The minimum absolute atomic E-state index is 0.208. The fourth-order valence-corrected chi connectivity index (χ4v) is 1.83. The van der Waals surface area contributed by atoms with Crippen LogP contribution in [0.3, 0.4) is 0 Å². The highest BCUT2D eigenvalue weighted by molar-refractivity contribution is 9.10. The molecule has 96 valence electrons. The van der Waals surface area contributed by atoms with E-state index < -0.39 is 0 Å². The number of halogens is 1. The van der Waals surface area contributed by atoms with Gasteiger partial charge in [0.25, 0.3) is 5.56 Å². The van der Waals surface area contributed by atoms with E-state index in [1.165, 1.54) is 4.68 Å². The maximum absolute atomic E-state index is 12.3. The van der Waals surface area contributed by atoms with E-state index in [2.05, 4.69) is 26.0 Å². The molecule has 2 heterocycles. The van der Waals surface area contributed by atoms with E-state index in [1.807, 2.05) is 20.8 Å². The van der Waals surface area contributed by atoms with Gasteiger partial charge < -0.3 is 10.3 Å². The topological polar surface area (TPSA) is 78.7 Å². The van der Waals surface area contributed by atoms with Crippen LogP contribution in [0.15, 0.2) is 27.9 Å². The summed E-state index contributed by atoms with van der Waals surface area (Å²) in [4.78, 5) is 16.4. The first-order chi connectivity index (χ1) is 8.30. The van der Waals surface area contributed by atoms with Gasteiger partial charge in [0.15, 0.2) is 5.82 Å². The van der Waals surface area contributed by atoms with Gasteiger partial charge in [0.1, 0.15) is 0 Å². The fraction of sp³-hybridized carbons (Fsp3) is 0.364. The van der Waals surface area contributed by atoms with Crippen molar-refractivity contribution < 1.29 is 0 Å². The second kappa shape index (κ2) is 4.24. The predicted molar refractivity (Wildman–Crippen MR) is 72.7 cm³/mol. The molecule has 0 bridgehead atoms. The van der Waals surface area contributed by atoms with Crippen LogP contribution in [0.1, 0.15) is 20.8 Å². The molecule has 2 N–H and O–H groups in total. The molecule has 0 unspecified atom stereocenters. The summed E-state index contributed by atoms with van der Waals surface area (Å²) in [7, 11) is 0. The zero-order chi connectivity index (χ0) is 13.5. The number of anilines is 1. The molecule has 0 aromatic carbocycles. The van der Waals surface area contributed by atoms with Gasteiger partial charge >= 0.3 is 0 Å². The molecule has 0 saturated heterocycles. The van der Waals surface area contributed by atoms with Crippen molar-refractivity contribution in [2.45, 2.75) is 26.3 Å². The minimum Gasteiger partial charge on any atom is -0.381 e. The lowest BCUT2D eigenvalue weighted by molar-refractivity contribution is 0.381. The molecular formula is C11H14BrN5O. The fourth-order valence-electron chi connectivity index (χ4n) is 1.56. The Balaban J connectivity index is 2.64. The number of hydrogen-bond donors (Lipinski definition) is 1. The summed E-state index contributed by atoms with van der Waals surface area (Å²) in [6, 6.07) is 0. The normalized spacial score (nSPS) is 11.8. The zero-order valence-corrected chi connectivity index (χ0v) is 12.0. The Labute approximate surface area is 113 Å². The van der Waals surface area contributed by atoms with Crippen molar-refractivity contribution in [1.82, 2.24) is 19.3 Å². The van der Waals surface area contributed by atoms with E-state index in [-0.39, 0.29) is 16.9 Å². The van der Waals surface area contributed by atoms with Gasteiger partial charge in [-0.3, -0.25) is 4.79 Å². The van der Waals surface area contributed by atoms with Crippen LogP contribution in [0.4, 0.5) is 5.82 Å². The average Bonchev–Trinajstić information content (AvgIpc) is 2.57. The largest absolute Gasteiger partial charge is 0.381 e. The SMILES string of the molecule is CC(C)(C)n1ccnc(-n2cc(Br)c(N)n2)c1=O. The maximum atomic E-state index is 12.3. The Bertz CT molecular complexity index is 618. The summed E-state index contributed by atoms with van der Waals surface area (Å²) in [5.41, 5.74) is 5.11. The van der Waals surface area contributed by atoms with Crippen molar-refractivity contribution in [1.29, 1.82) is 0 Å². The second-order valence-electron chi connectivity index (χ2n) is 4.90. The number of nitrogens with two attached hydrogens (primary N) is 1. The van der Waals surface area contributed by atoms with Crippen molar-refractivity contribution in [3.8, 4) is 5.82 Å². The summed E-state index contributed by atoms with van der Waals surface area (Å²) < 4.78 is 3.63. The molecule has 2 aromatic rings. The number of hydrogen-bond acceptors (Lipinski definition) is 4. The summed E-state index contributed by atoms with van der Waals surface area (Å²) in [5.74, 6) is 0.548. The first-order valence-electron chi connectivity index (χ1n) is 5.40. The molecule has 0 spiro atoms. The Hall–Kier alpha value is -1.63. The molecule has 0 atom stereocenters. The number of rotatable bonds is 1. The van der Waals surface area contributed by atoms with Gasteiger partial charge in [-0.25, -0.2) is 9.67 Å². The molecule has 0 saturated carbocycles. The van der Waals surface area contributed by atoms with Crippen LogP contribution in [0.5, 0.6) is 0 Å². The van der Waals surface area contributed by atoms with Gasteiger partial charge in [0.05, 0.1) is 4.47 Å². The molecule has 0 radical (unpaired) electrons. The Morgan fingerprint density at radius 3 is 2.56 bits per heavy atom. The monoisotopic (exact) mass is 311 g/mol. The van der Waals surface area contributed by atoms with E-state index in [9.17, 15) is 4.79 Å². The molecule has 2 rings (SSSR count). The highest BCUT2D eigenvalue weighted by Crippen LogP contribution is 2.18. The van der Waals surface area contributed by atoms with Gasteiger partial charge in [-0.1, -0.05) is 0 Å². The van der Waals surface area contributed by atoms with Crippen LogP contribution >= 0.6 is 15.9 Å². The van der Waals surface area contributed by atoms with Crippen LogP contribution < -0.4 is 11.3 Å². The molecule has 0 aliphatic heterocycles. The highest BCUT2D eigenvalue weighted by Gasteiger charge is 2.18. The Kier molecular flexibility index (Phi) is 3.02. The third-order valence-corrected chi connectivity index (χ3v) is 3.07. The summed E-state index contributed by atoms with van der Waals surface area (Å²) in [5, 5.41) is 4.04. The number of aromatic nitrogens is 4. The third-order valence-electron chi connectivity index (χ3n) is 2.46. The average molecular weight is 312 g/mol. The van der Waals surface area contributed by atoms with Gasteiger partial charge in [0.2, 0.25) is 5.82 Å². The maximum Gasteiger partial charge on any atom is 0.296 e. The third kappa shape index (κ3) is 2.17. The van der Waals surface area contributed by atoms with Crippen molar-refractivity contribution in [3.05, 3.63) is 33.4 Å². The van der Waals surface area contributed by atoms with Gasteiger partial charge in [-0.2, -0.15) is 0 Å². The van der Waals surface area contributed by atoms with E-state index in [4.69, 9.17) is 5.73 Å². The number of nitrogen functional groups attached to an aromatic ring is 1. The Morgan fingerprint density at radius 1 is 1.39 bits per heavy atom. The van der Waals surface area contributed by atoms with E-state index in [1.54, 1.807) is 23.2 Å². The van der Waals surface area contributed by atoms with Crippen LogP contribution in [-0.2, 0) is 5.54 Å². The van der Waals surface area contributed by atoms with Crippen molar-refractivity contribution in [2.75, 3.05) is 5.73 Å². The van der Waals surface area contributed by atoms with Crippen LogP contribution in [-0.4, -0.2) is 19.3 Å². The molecule has 7 heteroatoms. The van der Waals surface area contributed by atoms with Gasteiger partial charge in [-0.05, 0) is 36.7 Å². The van der Waals surface area contributed by atoms with Crippen LogP contribution in [0.25, 0.3) is 5.82 Å². The molecule has 2 aromatic heterocycles. The summed E-state index contributed by atoms with van der Waals surface area (Å²) in [6.45, 7) is 5.85. The highest BCUT2D eigenvalue weighted by atomic mass is 79.9. The van der Waals surface area contributed by atoms with Crippen molar-refractivity contribution in [2.24, 2.45) is 0 Å². The molecule has 0 aliphatic rings.